The first-order valence-corrected chi connectivity index (χ1v) is 9.49. The number of amides is 1. The highest BCUT2D eigenvalue weighted by molar-refractivity contribution is 9.10. The fourth-order valence-corrected chi connectivity index (χ4v) is 4.02. The van der Waals surface area contributed by atoms with Crippen LogP contribution in [-0.2, 0) is 14.8 Å². The topological polar surface area (TPSA) is 66.5 Å². The van der Waals surface area contributed by atoms with Gasteiger partial charge in [0.2, 0.25) is 15.9 Å². The number of halogens is 2. The Balaban J connectivity index is 1.76. The van der Waals surface area contributed by atoms with E-state index in [2.05, 4.69) is 20.7 Å². The van der Waals surface area contributed by atoms with Gasteiger partial charge in [0.15, 0.2) is 0 Å². The molecule has 5 nitrogen and oxygen atoms in total. The average Bonchev–Trinajstić information content (AvgIpc) is 2.89. The van der Waals surface area contributed by atoms with Crippen LogP contribution >= 0.6 is 15.9 Å². The zero-order valence-electron chi connectivity index (χ0n) is 12.4. The van der Waals surface area contributed by atoms with Crippen molar-refractivity contribution in [3.8, 4) is 0 Å². The number of nitrogens with zero attached hydrogens (tertiary/aromatic N) is 1. The van der Waals surface area contributed by atoms with E-state index in [1.165, 1.54) is 41.3 Å². The van der Waals surface area contributed by atoms with Crippen molar-refractivity contribution in [3.63, 3.8) is 0 Å². The Bertz CT molecular complexity index is 854. The summed E-state index contributed by atoms with van der Waals surface area (Å²) in [6.07, 6.45) is 0.353. The fraction of sp³-hybridized carbons (Fsp3) is 0.188. The van der Waals surface area contributed by atoms with Crippen molar-refractivity contribution in [2.24, 2.45) is 0 Å². The number of carbonyl (C=O) groups excluding carboxylic acids is 1. The molecule has 24 heavy (non-hydrogen) atoms. The lowest BCUT2D eigenvalue weighted by atomic mass is 10.3. The lowest BCUT2D eigenvalue weighted by molar-refractivity contribution is -0.118. The highest BCUT2D eigenvalue weighted by Gasteiger charge is 2.35. The number of benzene rings is 2. The zero-order chi connectivity index (χ0) is 17.3. The highest BCUT2D eigenvalue weighted by Crippen LogP contribution is 2.23. The van der Waals surface area contributed by atoms with Gasteiger partial charge in [-0.1, -0.05) is 15.9 Å². The van der Waals surface area contributed by atoms with Crippen molar-refractivity contribution in [1.82, 2.24) is 4.72 Å². The molecule has 0 bridgehead atoms. The van der Waals surface area contributed by atoms with Crippen molar-refractivity contribution in [1.29, 1.82) is 0 Å². The van der Waals surface area contributed by atoms with Gasteiger partial charge in [-0.05, 0) is 55.0 Å². The van der Waals surface area contributed by atoms with Gasteiger partial charge in [0, 0.05) is 16.7 Å². The van der Waals surface area contributed by atoms with Crippen molar-refractivity contribution in [2.75, 3.05) is 11.4 Å². The quantitative estimate of drug-likeness (QED) is 0.839. The summed E-state index contributed by atoms with van der Waals surface area (Å²) in [5.41, 5.74) is 0.548. The number of anilines is 1. The number of rotatable bonds is 4. The van der Waals surface area contributed by atoms with E-state index in [0.717, 1.165) is 4.47 Å². The lowest BCUT2D eigenvalue weighted by Gasteiger charge is -2.17. The minimum Gasteiger partial charge on any atom is -0.311 e. The first-order chi connectivity index (χ1) is 11.4. The van der Waals surface area contributed by atoms with Gasteiger partial charge < -0.3 is 4.90 Å². The van der Waals surface area contributed by atoms with E-state index < -0.39 is 21.9 Å². The van der Waals surface area contributed by atoms with Gasteiger partial charge in [-0.3, -0.25) is 4.79 Å². The third-order valence-corrected chi connectivity index (χ3v) is 5.78. The van der Waals surface area contributed by atoms with Gasteiger partial charge in [0.1, 0.15) is 11.9 Å². The van der Waals surface area contributed by atoms with Crippen molar-refractivity contribution in [3.05, 3.63) is 58.8 Å². The SMILES string of the molecule is O=C1[C@H](NS(=O)(=O)c2ccc(Br)cc2)CCN1c1ccc(F)cc1. The summed E-state index contributed by atoms with van der Waals surface area (Å²) in [7, 11) is -3.78. The fourth-order valence-electron chi connectivity index (χ4n) is 2.54. The number of sulfonamides is 1. The smallest absolute Gasteiger partial charge is 0.245 e. The second kappa shape index (κ2) is 6.62. The molecule has 0 spiro atoms. The Morgan fingerprint density at radius 2 is 1.71 bits per heavy atom. The summed E-state index contributed by atoms with van der Waals surface area (Å²) in [5.74, 6) is -0.736. The number of carbonyl (C=O) groups is 1. The Morgan fingerprint density at radius 1 is 1.08 bits per heavy atom. The summed E-state index contributed by atoms with van der Waals surface area (Å²) < 4.78 is 41.0. The lowest BCUT2D eigenvalue weighted by Crippen LogP contribution is -2.41. The molecule has 1 aliphatic heterocycles. The van der Waals surface area contributed by atoms with Crippen LogP contribution in [0, 0.1) is 5.82 Å². The molecule has 0 radical (unpaired) electrons. The summed E-state index contributed by atoms with van der Waals surface area (Å²) in [6.45, 7) is 0.373. The molecule has 1 aliphatic rings. The number of hydrogen-bond donors (Lipinski definition) is 1. The predicted molar refractivity (Wildman–Crippen MR) is 91.6 cm³/mol. The molecular weight excluding hydrogens is 399 g/mol. The Kier molecular flexibility index (Phi) is 4.71. The van der Waals surface area contributed by atoms with Gasteiger partial charge in [-0.2, -0.15) is 4.72 Å². The van der Waals surface area contributed by atoms with Crippen LogP contribution in [0.2, 0.25) is 0 Å². The van der Waals surface area contributed by atoms with Crippen LogP contribution in [0.15, 0.2) is 57.9 Å². The normalized spacial score (nSPS) is 18.2. The first kappa shape index (κ1) is 17.1. The molecule has 2 aromatic rings. The third-order valence-electron chi connectivity index (χ3n) is 3.77. The van der Waals surface area contributed by atoms with Crippen LogP contribution in [0.4, 0.5) is 10.1 Å². The maximum atomic E-state index is 13.0. The maximum Gasteiger partial charge on any atom is 0.245 e. The maximum absolute atomic E-state index is 13.0. The van der Waals surface area contributed by atoms with Crippen molar-refractivity contribution >= 4 is 37.5 Å². The molecule has 3 rings (SSSR count). The van der Waals surface area contributed by atoms with Crippen LogP contribution in [0.1, 0.15) is 6.42 Å². The highest BCUT2D eigenvalue weighted by atomic mass is 79.9. The minimum atomic E-state index is -3.78. The Hall–Kier alpha value is -1.77. The Morgan fingerprint density at radius 3 is 2.33 bits per heavy atom. The van der Waals surface area contributed by atoms with Gasteiger partial charge in [0.25, 0.3) is 0 Å². The number of hydrogen-bond acceptors (Lipinski definition) is 3. The molecule has 1 atom stereocenters. The molecule has 1 amide bonds. The van der Waals surface area contributed by atoms with Crippen LogP contribution < -0.4 is 9.62 Å². The zero-order valence-corrected chi connectivity index (χ0v) is 14.8. The van der Waals surface area contributed by atoms with E-state index in [4.69, 9.17) is 0 Å². The second-order valence-electron chi connectivity index (χ2n) is 5.38. The standard InChI is InChI=1S/C16H14BrFN2O3S/c17-11-1-7-14(8-2-11)24(22,23)19-15-9-10-20(16(15)21)13-5-3-12(18)4-6-13/h1-8,15,19H,9-10H2/t15-/m1/s1. The molecule has 1 fully saturated rings. The van der Waals surface area contributed by atoms with Gasteiger partial charge in [0.05, 0.1) is 4.90 Å². The van der Waals surface area contributed by atoms with Crippen molar-refractivity contribution in [2.45, 2.75) is 17.4 Å². The van der Waals surface area contributed by atoms with Gasteiger partial charge in [-0.25, -0.2) is 12.8 Å². The molecule has 8 heteroatoms. The first-order valence-electron chi connectivity index (χ1n) is 7.22. The third kappa shape index (κ3) is 3.50. The predicted octanol–water partition coefficient (Wildman–Crippen LogP) is 2.67. The summed E-state index contributed by atoms with van der Waals surface area (Å²) >= 11 is 3.25. The average molecular weight is 413 g/mol. The second-order valence-corrected chi connectivity index (χ2v) is 8.01. The molecule has 1 heterocycles. The van der Waals surface area contributed by atoms with E-state index >= 15 is 0 Å². The molecule has 0 saturated carbocycles. The molecule has 126 valence electrons. The largest absolute Gasteiger partial charge is 0.311 e. The van der Waals surface area contributed by atoms with Crippen molar-refractivity contribution < 1.29 is 17.6 Å². The Labute approximate surface area is 147 Å². The number of nitrogens with one attached hydrogen (secondary N) is 1. The summed E-state index contributed by atoms with van der Waals surface area (Å²) in [6, 6.07) is 10.9. The van der Waals surface area contributed by atoms with Gasteiger partial charge >= 0.3 is 0 Å². The minimum absolute atomic E-state index is 0.0960. The van der Waals surface area contributed by atoms with Crippen LogP contribution in [-0.4, -0.2) is 26.9 Å². The monoisotopic (exact) mass is 412 g/mol. The van der Waals surface area contributed by atoms with Crippen LogP contribution in [0.5, 0.6) is 0 Å². The molecule has 0 aromatic heterocycles. The molecule has 1 N–H and O–H groups in total. The van der Waals surface area contributed by atoms with E-state index in [9.17, 15) is 17.6 Å². The molecular formula is C16H14BrFN2O3S. The summed E-state index contributed by atoms with van der Waals surface area (Å²) in [4.78, 5) is 14.0. The van der Waals surface area contributed by atoms with Crippen LogP contribution in [0.25, 0.3) is 0 Å². The van der Waals surface area contributed by atoms with E-state index in [-0.39, 0.29) is 10.8 Å². The summed E-state index contributed by atoms with van der Waals surface area (Å²) in [5, 5.41) is 0. The van der Waals surface area contributed by atoms with E-state index in [1.54, 1.807) is 12.1 Å². The molecule has 0 aliphatic carbocycles. The van der Waals surface area contributed by atoms with E-state index in [0.29, 0.717) is 18.7 Å². The van der Waals surface area contributed by atoms with Gasteiger partial charge in [-0.15, -0.1) is 0 Å². The van der Waals surface area contributed by atoms with E-state index in [1.807, 2.05) is 0 Å². The molecule has 1 saturated heterocycles. The van der Waals surface area contributed by atoms with Crippen LogP contribution in [0.3, 0.4) is 0 Å². The molecule has 0 unspecified atom stereocenters. The molecule has 2 aromatic carbocycles.